The van der Waals surface area contributed by atoms with Gasteiger partial charge in [0.05, 0.1) is 11.0 Å². The molecule has 1 fully saturated rings. The van der Waals surface area contributed by atoms with Crippen LogP contribution in [-0.4, -0.2) is 47.0 Å². The zero-order chi connectivity index (χ0) is 13.9. The quantitative estimate of drug-likeness (QED) is 0.846. The number of aromatic nitrogens is 2. The molecule has 0 bridgehead atoms. The van der Waals surface area contributed by atoms with Crippen molar-refractivity contribution in [3.05, 3.63) is 36.9 Å². The molecule has 104 valence electrons. The summed E-state index contributed by atoms with van der Waals surface area (Å²) in [6.07, 6.45) is 2.33. The molecule has 2 heterocycles. The normalized spacial score (nSPS) is 16.2. The van der Waals surface area contributed by atoms with E-state index in [2.05, 4.69) is 21.4 Å². The largest absolute Gasteiger partial charge is 0.341 e. The van der Waals surface area contributed by atoms with Crippen LogP contribution >= 0.6 is 0 Å². The average Bonchev–Trinajstić information content (AvgIpc) is 2.75. The molecule has 1 aliphatic rings. The van der Waals surface area contributed by atoms with Gasteiger partial charge in [-0.05, 0) is 24.6 Å². The Labute approximate surface area is 117 Å². The van der Waals surface area contributed by atoms with Crippen molar-refractivity contribution in [1.82, 2.24) is 14.9 Å². The third-order valence-corrected chi connectivity index (χ3v) is 3.66. The predicted molar refractivity (Wildman–Crippen MR) is 79.7 cm³/mol. The van der Waals surface area contributed by atoms with E-state index < -0.39 is 0 Å². The van der Waals surface area contributed by atoms with Gasteiger partial charge in [0.1, 0.15) is 0 Å². The summed E-state index contributed by atoms with van der Waals surface area (Å²) in [6, 6.07) is 8.01. The van der Waals surface area contributed by atoms with Crippen LogP contribution in [0, 0.1) is 0 Å². The number of carbonyl (C=O) groups excluding carboxylic acids is 1. The number of H-pyrrole nitrogens is 1. The van der Waals surface area contributed by atoms with Gasteiger partial charge in [0.2, 0.25) is 11.9 Å². The summed E-state index contributed by atoms with van der Waals surface area (Å²) < 4.78 is 0. The lowest BCUT2D eigenvalue weighted by Crippen LogP contribution is -2.34. The molecule has 0 aliphatic carbocycles. The van der Waals surface area contributed by atoms with Crippen LogP contribution in [0.3, 0.4) is 0 Å². The number of aromatic amines is 1. The van der Waals surface area contributed by atoms with E-state index in [1.165, 1.54) is 6.08 Å². The third-order valence-electron chi connectivity index (χ3n) is 3.66. The van der Waals surface area contributed by atoms with Crippen molar-refractivity contribution in [3.8, 4) is 0 Å². The second-order valence-corrected chi connectivity index (χ2v) is 4.95. The first-order valence-electron chi connectivity index (χ1n) is 6.89. The summed E-state index contributed by atoms with van der Waals surface area (Å²) in [7, 11) is 0. The molecule has 1 aromatic carbocycles. The summed E-state index contributed by atoms with van der Waals surface area (Å²) in [6.45, 7) is 6.73. The molecule has 1 aliphatic heterocycles. The van der Waals surface area contributed by atoms with E-state index in [1.807, 2.05) is 29.2 Å². The molecule has 3 rings (SSSR count). The van der Waals surface area contributed by atoms with Crippen molar-refractivity contribution in [2.75, 3.05) is 31.1 Å². The number of amides is 1. The highest BCUT2D eigenvalue weighted by atomic mass is 16.2. The summed E-state index contributed by atoms with van der Waals surface area (Å²) in [5.74, 6) is 0.899. The van der Waals surface area contributed by atoms with Crippen LogP contribution in [0.25, 0.3) is 11.0 Å². The fourth-order valence-corrected chi connectivity index (χ4v) is 2.57. The Hall–Kier alpha value is -2.30. The summed E-state index contributed by atoms with van der Waals surface area (Å²) >= 11 is 0. The van der Waals surface area contributed by atoms with Crippen LogP contribution in [0.15, 0.2) is 36.9 Å². The number of rotatable bonds is 2. The second-order valence-electron chi connectivity index (χ2n) is 4.95. The number of nitrogens with zero attached hydrogens (tertiary/aromatic N) is 3. The lowest BCUT2D eigenvalue weighted by atomic mass is 10.3. The molecule has 20 heavy (non-hydrogen) atoms. The topological polar surface area (TPSA) is 52.2 Å². The fraction of sp³-hybridized carbons (Fsp3) is 0.333. The van der Waals surface area contributed by atoms with Gasteiger partial charge in [-0.25, -0.2) is 4.98 Å². The zero-order valence-corrected chi connectivity index (χ0v) is 11.4. The SMILES string of the molecule is C=CC(=O)N1CCCN(c2nc3ccccc3[nH]2)CC1. The van der Waals surface area contributed by atoms with Gasteiger partial charge in [-0.1, -0.05) is 18.7 Å². The van der Waals surface area contributed by atoms with Crippen LogP contribution < -0.4 is 4.90 Å². The van der Waals surface area contributed by atoms with Crippen LogP contribution in [0.4, 0.5) is 5.95 Å². The van der Waals surface area contributed by atoms with E-state index in [-0.39, 0.29) is 5.91 Å². The number of hydrogen-bond donors (Lipinski definition) is 1. The van der Waals surface area contributed by atoms with Gasteiger partial charge >= 0.3 is 0 Å². The van der Waals surface area contributed by atoms with E-state index in [1.54, 1.807) is 0 Å². The number of fused-ring (bicyclic) bond motifs is 1. The molecular formula is C15H18N4O. The Kier molecular flexibility index (Phi) is 3.41. The first kappa shape index (κ1) is 12.7. The Morgan fingerprint density at radius 3 is 2.90 bits per heavy atom. The molecule has 0 radical (unpaired) electrons. The van der Waals surface area contributed by atoms with Crippen LogP contribution in [0.5, 0.6) is 0 Å². The Balaban J connectivity index is 1.77. The van der Waals surface area contributed by atoms with Gasteiger partial charge in [0.15, 0.2) is 0 Å². The summed E-state index contributed by atoms with van der Waals surface area (Å²) in [5.41, 5.74) is 2.02. The minimum atomic E-state index is 0.0106. The lowest BCUT2D eigenvalue weighted by Gasteiger charge is -2.20. The third kappa shape index (κ3) is 2.39. The van der Waals surface area contributed by atoms with Crippen molar-refractivity contribution in [2.24, 2.45) is 0 Å². The number of carbonyl (C=O) groups is 1. The van der Waals surface area contributed by atoms with Crippen molar-refractivity contribution >= 4 is 22.9 Å². The maximum atomic E-state index is 11.7. The van der Waals surface area contributed by atoms with Crippen molar-refractivity contribution in [1.29, 1.82) is 0 Å². The molecule has 0 saturated carbocycles. The molecule has 0 spiro atoms. The van der Waals surface area contributed by atoms with Crippen molar-refractivity contribution in [3.63, 3.8) is 0 Å². The van der Waals surface area contributed by atoms with E-state index >= 15 is 0 Å². The number of para-hydroxylation sites is 2. The van der Waals surface area contributed by atoms with Gasteiger partial charge in [-0.2, -0.15) is 0 Å². The van der Waals surface area contributed by atoms with E-state index in [4.69, 9.17) is 0 Å². The Bertz CT molecular complexity index is 601. The van der Waals surface area contributed by atoms with E-state index in [9.17, 15) is 4.79 Å². The fourth-order valence-electron chi connectivity index (χ4n) is 2.57. The molecule has 0 unspecified atom stereocenters. The monoisotopic (exact) mass is 270 g/mol. The van der Waals surface area contributed by atoms with Gasteiger partial charge in [-0.3, -0.25) is 4.79 Å². The highest BCUT2D eigenvalue weighted by Gasteiger charge is 2.19. The molecule has 2 aromatic rings. The van der Waals surface area contributed by atoms with Crippen molar-refractivity contribution in [2.45, 2.75) is 6.42 Å². The molecule has 1 aromatic heterocycles. The van der Waals surface area contributed by atoms with Crippen LogP contribution in [0.2, 0.25) is 0 Å². The van der Waals surface area contributed by atoms with E-state index in [0.717, 1.165) is 43.0 Å². The summed E-state index contributed by atoms with van der Waals surface area (Å²) in [5, 5.41) is 0. The van der Waals surface area contributed by atoms with Gasteiger partial charge < -0.3 is 14.8 Å². The predicted octanol–water partition coefficient (Wildman–Crippen LogP) is 1.79. The number of benzene rings is 1. The highest BCUT2D eigenvalue weighted by molar-refractivity contribution is 5.87. The smallest absolute Gasteiger partial charge is 0.246 e. The lowest BCUT2D eigenvalue weighted by molar-refractivity contribution is -0.125. The maximum absolute atomic E-state index is 11.7. The molecule has 1 N–H and O–H groups in total. The number of anilines is 1. The molecule has 1 saturated heterocycles. The molecule has 5 nitrogen and oxygen atoms in total. The minimum absolute atomic E-state index is 0.0106. The maximum Gasteiger partial charge on any atom is 0.246 e. The molecular weight excluding hydrogens is 252 g/mol. The molecule has 0 atom stereocenters. The average molecular weight is 270 g/mol. The second kappa shape index (κ2) is 5.36. The zero-order valence-electron chi connectivity index (χ0n) is 11.4. The number of hydrogen-bond acceptors (Lipinski definition) is 3. The van der Waals surface area contributed by atoms with Crippen molar-refractivity contribution < 1.29 is 4.79 Å². The van der Waals surface area contributed by atoms with Crippen LogP contribution in [-0.2, 0) is 4.79 Å². The number of imidazole rings is 1. The Morgan fingerprint density at radius 1 is 1.25 bits per heavy atom. The summed E-state index contributed by atoms with van der Waals surface area (Å²) in [4.78, 5) is 23.7. The van der Waals surface area contributed by atoms with E-state index in [0.29, 0.717) is 6.54 Å². The first-order chi connectivity index (χ1) is 9.78. The minimum Gasteiger partial charge on any atom is -0.341 e. The molecule has 5 heteroatoms. The number of nitrogens with one attached hydrogen (secondary N) is 1. The molecule has 1 amide bonds. The highest BCUT2D eigenvalue weighted by Crippen LogP contribution is 2.18. The first-order valence-corrected chi connectivity index (χ1v) is 6.89. The van der Waals surface area contributed by atoms with Gasteiger partial charge in [0.25, 0.3) is 0 Å². The Morgan fingerprint density at radius 2 is 2.10 bits per heavy atom. The van der Waals surface area contributed by atoms with Gasteiger partial charge in [0, 0.05) is 26.2 Å². The standard InChI is InChI=1S/C15H18N4O/c1-2-14(20)18-8-5-9-19(11-10-18)15-16-12-6-3-4-7-13(12)17-15/h2-4,6-7H,1,5,8-11H2,(H,16,17). The van der Waals surface area contributed by atoms with Gasteiger partial charge in [-0.15, -0.1) is 0 Å². The van der Waals surface area contributed by atoms with Crippen LogP contribution in [0.1, 0.15) is 6.42 Å².